The third-order valence-corrected chi connectivity index (χ3v) is 4.17. The summed E-state index contributed by atoms with van der Waals surface area (Å²) in [5.74, 6) is 0.239. The standard InChI is InChI=1S/C15H29N3O2/c1-5-17(12(4)19)10-13-8-6-7-9-18(13)15(20)14(16)11(2)3/h11,13-14H,5-10,16H2,1-4H3/t13-,14-/m0/s1. The quantitative estimate of drug-likeness (QED) is 0.825. The van der Waals surface area contributed by atoms with E-state index in [1.54, 1.807) is 11.8 Å². The van der Waals surface area contributed by atoms with Crippen LogP contribution in [0.2, 0.25) is 0 Å². The van der Waals surface area contributed by atoms with E-state index in [-0.39, 0.29) is 23.8 Å². The Balaban J connectivity index is 2.76. The van der Waals surface area contributed by atoms with Crippen LogP contribution in [0.4, 0.5) is 0 Å². The number of carbonyl (C=O) groups is 2. The summed E-state index contributed by atoms with van der Waals surface area (Å²) in [4.78, 5) is 27.8. The fraction of sp³-hybridized carbons (Fsp3) is 0.867. The van der Waals surface area contributed by atoms with Gasteiger partial charge in [-0.25, -0.2) is 0 Å². The van der Waals surface area contributed by atoms with E-state index in [9.17, 15) is 9.59 Å². The van der Waals surface area contributed by atoms with Crippen LogP contribution in [-0.2, 0) is 9.59 Å². The second kappa shape index (κ2) is 7.62. The van der Waals surface area contributed by atoms with Gasteiger partial charge in [0.25, 0.3) is 0 Å². The number of hydrogen-bond donors (Lipinski definition) is 1. The number of piperidine rings is 1. The molecule has 1 aliphatic heterocycles. The van der Waals surface area contributed by atoms with Gasteiger partial charge in [0, 0.05) is 32.6 Å². The second-order valence-corrected chi connectivity index (χ2v) is 6.01. The molecular weight excluding hydrogens is 254 g/mol. The molecule has 1 fully saturated rings. The van der Waals surface area contributed by atoms with E-state index in [1.165, 1.54) is 0 Å². The Hall–Kier alpha value is -1.10. The van der Waals surface area contributed by atoms with Gasteiger partial charge in [-0.05, 0) is 32.1 Å². The largest absolute Gasteiger partial charge is 0.341 e. The Kier molecular flexibility index (Phi) is 6.46. The molecule has 5 nitrogen and oxygen atoms in total. The molecule has 1 heterocycles. The minimum atomic E-state index is -0.442. The van der Waals surface area contributed by atoms with Gasteiger partial charge in [-0.1, -0.05) is 13.8 Å². The monoisotopic (exact) mass is 283 g/mol. The molecule has 0 saturated carbocycles. The predicted molar refractivity (Wildman–Crippen MR) is 80.1 cm³/mol. The average Bonchev–Trinajstić information content (AvgIpc) is 2.43. The van der Waals surface area contributed by atoms with Gasteiger partial charge in [0.05, 0.1) is 6.04 Å². The van der Waals surface area contributed by atoms with Crippen molar-refractivity contribution in [2.45, 2.75) is 59.0 Å². The molecule has 116 valence electrons. The zero-order chi connectivity index (χ0) is 15.3. The van der Waals surface area contributed by atoms with Gasteiger partial charge in [0.15, 0.2) is 0 Å². The van der Waals surface area contributed by atoms with E-state index in [4.69, 9.17) is 5.73 Å². The first-order valence-electron chi connectivity index (χ1n) is 7.70. The lowest BCUT2D eigenvalue weighted by molar-refractivity contribution is -0.140. The minimum Gasteiger partial charge on any atom is -0.341 e. The molecular formula is C15H29N3O2. The van der Waals surface area contributed by atoms with E-state index in [0.29, 0.717) is 13.1 Å². The summed E-state index contributed by atoms with van der Waals surface area (Å²) < 4.78 is 0. The van der Waals surface area contributed by atoms with E-state index < -0.39 is 6.04 Å². The SMILES string of the molecule is CCN(C[C@@H]1CCCCN1C(=O)[C@@H](N)C(C)C)C(C)=O. The zero-order valence-electron chi connectivity index (χ0n) is 13.3. The third-order valence-electron chi connectivity index (χ3n) is 4.17. The van der Waals surface area contributed by atoms with E-state index >= 15 is 0 Å². The topological polar surface area (TPSA) is 66.6 Å². The summed E-state index contributed by atoms with van der Waals surface area (Å²) >= 11 is 0. The Morgan fingerprint density at radius 3 is 2.50 bits per heavy atom. The van der Waals surface area contributed by atoms with Gasteiger partial charge in [-0.3, -0.25) is 9.59 Å². The summed E-state index contributed by atoms with van der Waals surface area (Å²) in [6, 6.07) is -0.326. The fourth-order valence-corrected chi connectivity index (χ4v) is 2.69. The lowest BCUT2D eigenvalue weighted by Crippen LogP contribution is -2.55. The van der Waals surface area contributed by atoms with E-state index in [1.807, 2.05) is 25.7 Å². The predicted octanol–water partition coefficient (Wildman–Crippen LogP) is 1.22. The maximum absolute atomic E-state index is 12.5. The summed E-state index contributed by atoms with van der Waals surface area (Å²) in [5.41, 5.74) is 6.00. The van der Waals surface area contributed by atoms with Crippen molar-refractivity contribution >= 4 is 11.8 Å². The van der Waals surface area contributed by atoms with Crippen molar-refractivity contribution in [1.29, 1.82) is 0 Å². The van der Waals surface area contributed by atoms with Crippen molar-refractivity contribution in [3.05, 3.63) is 0 Å². The minimum absolute atomic E-state index is 0.0318. The molecule has 5 heteroatoms. The van der Waals surface area contributed by atoms with Crippen LogP contribution in [0.5, 0.6) is 0 Å². The Morgan fingerprint density at radius 2 is 2.00 bits per heavy atom. The first-order valence-corrected chi connectivity index (χ1v) is 7.70. The molecule has 0 radical (unpaired) electrons. The highest BCUT2D eigenvalue weighted by molar-refractivity contribution is 5.82. The number of nitrogens with two attached hydrogens (primary N) is 1. The van der Waals surface area contributed by atoms with E-state index in [0.717, 1.165) is 25.8 Å². The number of likely N-dealkylation sites (N-methyl/N-ethyl adjacent to an activating group) is 1. The van der Waals surface area contributed by atoms with E-state index in [2.05, 4.69) is 0 Å². The van der Waals surface area contributed by atoms with Crippen LogP contribution in [-0.4, -0.2) is 53.3 Å². The Morgan fingerprint density at radius 1 is 1.35 bits per heavy atom. The van der Waals surface area contributed by atoms with Crippen LogP contribution in [0, 0.1) is 5.92 Å². The van der Waals surface area contributed by atoms with Crippen LogP contribution in [0.3, 0.4) is 0 Å². The van der Waals surface area contributed by atoms with Crippen molar-refractivity contribution in [3.63, 3.8) is 0 Å². The van der Waals surface area contributed by atoms with Gasteiger partial charge in [-0.2, -0.15) is 0 Å². The van der Waals surface area contributed by atoms with Crippen LogP contribution >= 0.6 is 0 Å². The number of carbonyl (C=O) groups excluding carboxylic acids is 2. The van der Waals surface area contributed by atoms with Crippen LogP contribution in [0.25, 0.3) is 0 Å². The molecule has 0 aromatic heterocycles. The molecule has 0 spiro atoms. The van der Waals surface area contributed by atoms with Gasteiger partial charge >= 0.3 is 0 Å². The average molecular weight is 283 g/mol. The molecule has 2 atom stereocenters. The van der Waals surface area contributed by atoms with Crippen molar-refractivity contribution in [2.75, 3.05) is 19.6 Å². The zero-order valence-corrected chi connectivity index (χ0v) is 13.3. The van der Waals surface area contributed by atoms with Crippen LogP contribution in [0.1, 0.15) is 47.0 Å². The highest BCUT2D eigenvalue weighted by Gasteiger charge is 2.32. The summed E-state index contributed by atoms with van der Waals surface area (Å²) in [5, 5.41) is 0. The van der Waals surface area contributed by atoms with Gasteiger partial charge in [0.2, 0.25) is 11.8 Å². The molecule has 1 rings (SSSR count). The molecule has 20 heavy (non-hydrogen) atoms. The van der Waals surface area contributed by atoms with Gasteiger partial charge in [-0.15, -0.1) is 0 Å². The number of hydrogen-bond acceptors (Lipinski definition) is 3. The number of likely N-dealkylation sites (tertiary alicyclic amines) is 1. The fourth-order valence-electron chi connectivity index (χ4n) is 2.69. The highest BCUT2D eigenvalue weighted by atomic mass is 16.2. The molecule has 1 saturated heterocycles. The number of nitrogens with zero attached hydrogens (tertiary/aromatic N) is 2. The van der Waals surface area contributed by atoms with Crippen molar-refractivity contribution in [1.82, 2.24) is 9.80 Å². The molecule has 0 bridgehead atoms. The van der Waals surface area contributed by atoms with Crippen molar-refractivity contribution in [2.24, 2.45) is 11.7 Å². The molecule has 2 amide bonds. The number of amides is 2. The van der Waals surface area contributed by atoms with Gasteiger partial charge in [0.1, 0.15) is 0 Å². The first-order chi connectivity index (χ1) is 9.38. The summed E-state index contributed by atoms with van der Waals surface area (Å²) in [7, 11) is 0. The van der Waals surface area contributed by atoms with Gasteiger partial charge < -0.3 is 15.5 Å². The Bertz CT molecular complexity index is 344. The lowest BCUT2D eigenvalue weighted by atomic mass is 9.97. The molecule has 2 N–H and O–H groups in total. The molecule has 0 aliphatic carbocycles. The molecule has 0 unspecified atom stereocenters. The smallest absolute Gasteiger partial charge is 0.240 e. The summed E-state index contributed by atoms with van der Waals surface area (Å²) in [6.45, 7) is 9.56. The first kappa shape index (κ1) is 17.0. The van der Waals surface area contributed by atoms with Crippen molar-refractivity contribution < 1.29 is 9.59 Å². The van der Waals surface area contributed by atoms with Crippen molar-refractivity contribution in [3.8, 4) is 0 Å². The normalized spacial score (nSPS) is 20.9. The highest BCUT2D eigenvalue weighted by Crippen LogP contribution is 2.20. The number of rotatable bonds is 5. The Labute approximate surface area is 122 Å². The molecule has 0 aromatic rings. The maximum Gasteiger partial charge on any atom is 0.240 e. The maximum atomic E-state index is 12.5. The molecule has 0 aromatic carbocycles. The van der Waals surface area contributed by atoms with Crippen LogP contribution < -0.4 is 5.73 Å². The second-order valence-electron chi connectivity index (χ2n) is 6.01. The van der Waals surface area contributed by atoms with Crippen LogP contribution in [0.15, 0.2) is 0 Å². The summed E-state index contributed by atoms with van der Waals surface area (Å²) in [6.07, 6.45) is 3.10. The third kappa shape index (κ3) is 4.20. The molecule has 1 aliphatic rings. The lowest BCUT2D eigenvalue weighted by Gasteiger charge is -2.40.